The predicted molar refractivity (Wildman–Crippen MR) is 188 cm³/mol. The van der Waals surface area contributed by atoms with E-state index in [1.807, 2.05) is 19.1 Å². The molecule has 0 amide bonds. The Morgan fingerprint density at radius 1 is 0.511 bits per heavy atom. The molecule has 3 aliphatic rings. The van der Waals surface area contributed by atoms with Crippen molar-refractivity contribution in [3.05, 3.63) is 95.1 Å². The molecule has 0 atom stereocenters. The van der Waals surface area contributed by atoms with Crippen molar-refractivity contribution >= 4 is 21.5 Å². The Kier molecular flexibility index (Phi) is 10.6. The molecule has 0 spiro atoms. The Hall–Kier alpha value is -2.74. The van der Waals surface area contributed by atoms with E-state index in [2.05, 4.69) is 50.2 Å². The van der Waals surface area contributed by atoms with Crippen molar-refractivity contribution in [1.82, 2.24) is 0 Å². The first-order valence-electron chi connectivity index (χ1n) is 18.3. The van der Waals surface area contributed by atoms with Crippen LogP contribution in [0.4, 0.5) is 8.78 Å². The van der Waals surface area contributed by atoms with Crippen molar-refractivity contribution < 1.29 is 8.78 Å². The molecule has 0 N–H and O–H groups in total. The summed E-state index contributed by atoms with van der Waals surface area (Å²) in [4.78, 5) is 0. The lowest BCUT2D eigenvalue weighted by atomic mass is 9.68. The lowest BCUT2D eigenvalue weighted by molar-refractivity contribution is 0.158. The van der Waals surface area contributed by atoms with Gasteiger partial charge in [-0.3, -0.25) is 0 Å². The van der Waals surface area contributed by atoms with Crippen LogP contribution in [0.2, 0.25) is 0 Å². The summed E-state index contributed by atoms with van der Waals surface area (Å²) in [5, 5.41) is 4.43. The van der Waals surface area contributed by atoms with E-state index in [9.17, 15) is 8.78 Å². The number of halogens is 2. The van der Waals surface area contributed by atoms with Gasteiger partial charge in [-0.15, -0.1) is 0 Å². The molecule has 4 aromatic carbocycles. The van der Waals surface area contributed by atoms with Gasteiger partial charge in [-0.1, -0.05) is 88.1 Å². The highest BCUT2D eigenvalue weighted by molar-refractivity contribution is 5.86. The zero-order valence-electron chi connectivity index (χ0n) is 28.0. The molecule has 240 valence electrons. The van der Waals surface area contributed by atoms with Gasteiger partial charge in [0.1, 0.15) is 11.6 Å². The van der Waals surface area contributed by atoms with E-state index in [0.29, 0.717) is 11.8 Å². The van der Waals surface area contributed by atoms with Gasteiger partial charge in [0.2, 0.25) is 0 Å². The molecule has 0 unspecified atom stereocenters. The number of fused-ring (bicyclic) bond motifs is 2. The lowest BCUT2D eigenvalue weighted by Crippen LogP contribution is -2.25. The summed E-state index contributed by atoms with van der Waals surface area (Å²) in [5.41, 5.74) is 3.68. The van der Waals surface area contributed by atoms with E-state index in [4.69, 9.17) is 0 Å². The molecule has 4 aromatic rings. The molecule has 0 heterocycles. The van der Waals surface area contributed by atoms with Crippen LogP contribution in [0.15, 0.2) is 66.7 Å². The summed E-state index contributed by atoms with van der Waals surface area (Å²) in [7, 11) is 0. The Morgan fingerprint density at radius 2 is 0.978 bits per heavy atom. The molecule has 3 fully saturated rings. The number of aryl methyl sites for hydroxylation is 1. The van der Waals surface area contributed by atoms with Gasteiger partial charge in [-0.25, -0.2) is 8.78 Å². The van der Waals surface area contributed by atoms with Crippen LogP contribution in [-0.2, 0) is 0 Å². The van der Waals surface area contributed by atoms with Gasteiger partial charge in [-0.05, 0) is 163 Å². The zero-order valence-corrected chi connectivity index (χ0v) is 28.0. The zero-order chi connectivity index (χ0) is 31.3. The molecule has 0 saturated heterocycles. The fourth-order valence-electron chi connectivity index (χ4n) is 9.12. The topological polar surface area (TPSA) is 0 Å². The van der Waals surface area contributed by atoms with Crippen LogP contribution in [-0.4, -0.2) is 0 Å². The third kappa shape index (κ3) is 7.64. The quantitative estimate of drug-likeness (QED) is 0.211. The Bertz CT molecular complexity index is 1550. The van der Waals surface area contributed by atoms with E-state index in [1.165, 1.54) is 112 Å². The average molecular weight is 609 g/mol. The second-order valence-electron chi connectivity index (χ2n) is 14.8. The normalized spacial score (nSPS) is 27.2. The van der Waals surface area contributed by atoms with Crippen LogP contribution in [0.3, 0.4) is 0 Å². The first-order valence-corrected chi connectivity index (χ1v) is 18.3. The second kappa shape index (κ2) is 14.8. The first-order chi connectivity index (χ1) is 21.9. The predicted octanol–water partition coefficient (Wildman–Crippen LogP) is 13.4. The molecule has 3 saturated carbocycles. The fraction of sp³-hybridized carbons (Fsp3) is 0.535. The number of benzene rings is 4. The monoisotopic (exact) mass is 608 g/mol. The lowest BCUT2D eigenvalue weighted by Gasteiger charge is -2.38. The van der Waals surface area contributed by atoms with E-state index >= 15 is 0 Å². The fourth-order valence-corrected chi connectivity index (χ4v) is 9.12. The van der Waals surface area contributed by atoms with Gasteiger partial charge in [0.25, 0.3) is 0 Å². The average Bonchev–Trinajstić information content (AvgIpc) is 3.10. The van der Waals surface area contributed by atoms with Crippen LogP contribution in [0.25, 0.3) is 21.5 Å². The van der Waals surface area contributed by atoms with Crippen LogP contribution < -0.4 is 0 Å². The standard InChI is InChI=1S/C24H31F.C19H23F/c1-2-17-3-5-18(6-4-17)19-7-9-20(10-8-19)21-11-12-23-16-24(25)14-13-22(23)15-21;1-3-14-4-6-15(7-5-14)16-8-10-18-13(2)19(20)11-9-17(18)12-16/h11-20H,2-10H2,1H3;8-12,14-15H,3-7H2,1-2H3. The molecule has 0 nitrogen and oxygen atoms in total. The highest BCUT2D eigenvalue weighted by atomic mass is 19.1. The van der Waals surface area contributed by atoms with Crippen molar-refractivity contribution in [2.24, 2.45) is 23.7 Å². The number of rotatable bonds is 5. The minimum absolute atomic E-state index is 0.103. The molecule has 45 heavy (non-hydrogen) atoms. The van der Waals surface area contributed by atoms with E-state index in [-0.39, 0.29) is 11.6 Å². The van der Waals surface area contributed by atoms with Crippen molar-refractivity contribution in [2.75, 3.05) is 0 Å². The number of hydrogen-bond donors (Lipinski definition) is 0. The summed E-state index contributed by atoms with van der Waals surface area (Å²) in [5.74, 6) is 5.09. The highest BCUT2D eigenvalue weighted by Crippen LogP contribution is 2.44. The van der Waals surface area contributed by atoms with Gasteiger partial charge in [-0.2, -0.15) is 0 Å². The summed E-state index contributed by atoms with van der Waals surface area (Å²) in [6.07, 6.45) is 19.5. The minimum Gasteiger partial charge on any atom is -0.207 e. The summed E-state index contributed by atoms with van der Waals surface area (Å²) in [6.45, 7) is 6.52. The Labute approximate surface area is 271 Å². The Balaban J connectivity index is 0.000000163. The molecule has 2 heteroatoms. The van der Waals surface area contributed by atoms with Crippen molar-refractivity contribution in [1.29, 1.82) is 0 Å². The molecule has 3 aliphatic carbocycles. The van der Waals surface area contributed by atoms with Crippen LogP contribution in [0.1, 0.15) is 132 Å². The SMILES string of the molecule is CCC1CCC(C2CCC(c3ccc4cc(F)ccc4c3)CC2)CC1.CCC1CCC(c2ccc3c(C)c(F)ccc3c2)CC1. The molecule has 0 aliphatic heterocycles. The first kappa shape index (κ1) is 32.2. The van der Waals surface area contributed by atoms with E-state index in [0.717, 1.165) is 40.0 Å². The maximum absolute atomic E-state index is 13.6. The molecular weight excluding hydrogens is 554 g/mol. The van der Waals surface area contributed by atoms with Crippen molar-refractivity contribution in [3.63, 3.8) is 0 Å². The smallest absolute Gasteiger partial charge is 0.126 e. The van der Waals surface area contributed by atoms with E-state index < -0.39 is 0 Å². The summed E-state index contributed by atoms with van der Waals surface area (Å²) in [6, 6.07) is 21.9. The van der Waals surface area contributed by atoms with E-state index in [1.54, 1.807) is 18.2 Å². The highest BCUT2D eigenvalue weighted by Gasteiger charge is 2.31. The van der Waals surface area contributed by atoms with Gasteiger partial charge < -0.3 is 0 Å². The third-order valence-electron chi connectivity index (χ3n) is 12.3. The van der Waals surface area contributed by atoms with Crippen molar-refractivity contribution in [2.45, 2.75) is 122 Å². The second-order valence-corrected chi connectivity index (χ2v) is 14.8. The van der Waals surface area contributed by atoms with Gasteiger partial charge in [0.15, 0.2) is 0 Å². The summed E-state index contributed by atoms with van der Waals surface area (Å²) < 4.78 is 26.9. The van der Waals surface area contributed by atoms with Gasteiger partial charge >= 0.3 is 0 Å². The number of hydrogen-bond acceptors (Lipinski definition) is 0. The summed E-state index contributed by atoms with van der Waals surface area (Å²) >= 11 is 0. The molecule has 0 aromatic heterocycles. The third-order valence-corrected chi connectivity index (χ3v) is 12.3. The molecule has 0 bridgehead atoms. The van der Waals surface area contributed by atoms with Crippen LogP contribution >= 0.6 is 0 Å². The maximum Gasteiger partial charge on any atom is 0.126 e. The van der Waals surface area contributed by atoms with Crippen molar-refractivity contribution in [3.8, 4) is 0 Å². The largest absolute Gasteiger partial charge is 0.207 e. The van der Waals surface area contributed by atoms with Crippen LogP contribution in [0, 0.1) is 42.2 Å². The molecular formula is C43H54F2. The maximum atomic E-state index is 13.6. The molecule has 7 rings (SSSR count). The van der Waals surface area contributed by atoms with Crippen LogP contribution in [0.5, 0.6) is 0 Å². The van der Waals surface area contributed by atoms with Gasteiger partial charge in [0.05, 0.1) is 0 Å². The minimum atomic E-state index is -0.140. The van der Waals surface area contributed by atoms with Gasteiger partial charge in [0, 0.05) is 0 Å². The molecule has 0 radical (unpaired) electrons. The Morgan fingerprint density at radius 3 is 1.60 bits per heavy atom.